The lowest BCUT2D eigenvalue weighted by Gasteiger charge is -2.13. The second-order valence-corrected chi connectivity index (χ2v) is 3.92. The number of fused-ring (bicyclic) bond motifs is 1. The fraction of sp³-hybridized carbons (Fsp3) is 0.167. The molecule has 82 valence electrons. The maximum atomic E-state index is 5.36. The highest BCUT2D eigenvalue weighted by atomic mass is 32.1. The molecule has 16 heavy (non-hydrogen) atoms. The Kier molecular flexibility index (Phi) is 3.01. The zero-order valence-electron chi connectivity index (χ0n) is 9.10. The highest BCUT2D eigenvalue weighted by molar-refractivity contribution is 7.71. The first-order valence-electron chi connectivity index (χ1n) is 5.06. The van der Waals surface area contributed by atoms with Gasteiger partial charge in [0.25, 0.3) is 0 Å². The summed E-state index contributed by atoms with van der Waals surface area (Å²) in [6.45, 7) is 6.33. The van der Waals surface area contributed by atoms with Gasteiger partial charge in [0.1, 0.15) is 4.64 Å². The molecular weight excluding hydrogens is 218 g/mol. The normalized spacial score (nSPS) is 10.3. The van der Waals surface area contributed by atoms with Crippen LogP contribution in [0, 0.1) is 11.6 Å². The van der Waals surface area contributed by atoms with Crippen molar-refractivity contribution < 1.29 is 0 Å². The van der Waals surface area contributed by atoms with E-state index in [-0.39, 0.29) is 0 Å². The predicted octanol–water partition coefficient (Wildman–Crippen LogP) is 2.80. The van der Waals surface area contributed by atoms with Crippen molar-refractivity contribution in [2.24, 2.45) is 0 Å². The van der Waals surface area contributed by atoms with Crippen LogP contribution in [0.15, 0.2) is 37.1 Å². The number of nitrogens with zero attached hydrogens (tertiary/aromatic N) is 2. The molecular formula is C12H13N3S. The molecule has 4 heteroatoms. The summed E-state index contributed by atoms with van der Waals surface area (Å²) >= 11 is 5.36. The molecule has 0 spiro atoms. The van der Waals surface area contributed by atoms with Gasteiger partial charge in [0, 0.05) is 18.1 Å². The van der Waals surface area contributed by atoms with Crippen LogP contribution in [0.5, 0.6) is 0 Å². The fourth-order valence-corrected chi connectivity index (χ4v) is 1.79. The van der Waals surface area contributed by atoms with E-state index in [1.807, 2.05) is 23.7 Å². The molecule has 0 aliphatic rings. The van der Waals surface area contributed by atoms with E-state index in [1.165, 1.54) is 0 Å². The summed E-state index contributed by atoms with van der Waals surface area (Å²) in [5.41, 5.74) is 5.09. The first-order chi connectivity index (χ1) is 7.74. The van der Waals surface area contributed by atoms with Crippen LogP contribution in [-0.2, 0) is 0 Å². The Labute approximate surface area is 99.4 Å². The Morgan fingerprint density at radius 1 is 1.62 bits per heavy atom. The van der Waals surface area contributed by atoms with E-state index in [2.05, 4.69) is 23.1 Å². The third kappa shape index (κ3) is 1.84. The van der Waals surface area contributed by atoms with E-state index in [4.69, 9.17) is 12.2 Å². The number of hydrogen-bond donors (Lipinski definition) is 1. The van der Waals surface area contributed by atoms with E-state index >= 15 is 0 Å². The van der Waals surface area contributed by atoms with Gasteiger partial charge in [-0.05, 0) is 30.7 Å². The van der Waals surface area contributed by atoms with Crippen molar-refractivity contribution in [3.63, 3.8) is 0 Å². The number of aromatic nitrogens is 2. The van der Waals surface area contributed by atoms with Crippen LogP contribution in [0.4, 0.5) is 0 Å². The van der Waals surface area contributed by atoms with Crippen LogP contribution in [0.1, 0.15) is 5.56 Å². The molecule has 2 aromatic rings. The average Bonchev–Trinajstić information content (AvgIpc) is 2.30. The van der Waals surface area contributed by atoms with Crippen LogP contribution >= 0.6 is 12.2 Å². The fourth-order valence-electron chi connectivity index (χ4n) is 1.58. The van der Waals surface area contributed by atoms with Crippen LogP contribution in [0.2, 0.25) is 0 Å². The maximum Gasteiger partial charge on any atom is 0.159 e. The minimum atomic E-state index is 0.656. The molecule has 0 aromatic carbocycles. The monoisotopic (exact) mass is 231 g/mol. The average molecular weight is 231 g/mol. The topological polar surface area (TPSA) is 29.9 Å². The number of rotatable bonds is 3. The zero-order valence-corrected chi connectivity index (χ0v) is 9.92. The molecule has 0 saturated carbocycles. The highest BCUT2D eigenvalue weighted by Gasteiger charge is 2.03. The minimum absolute atomic E-state index is 0.656. The van der Waals surface area contributed by atoms with Crippen LogP contribution in [-0.4, -0.2) is 16.2 Å². The van der Waals surface area contributed by atoms with E-state index in [9.17, 15) is 0 Å². The van der Waals surface area contributed by atoms with Crippen molar-refractivity contribution in [2.75, 3.05) is 12.0 Å². The van der Waals surface area contributed by atoms with Gasteiger partial charge in [-0.1, -0.05) is 18.3 Å². The second kappa shape index (κ2) is 4.45. The smallest absolute Gasteiger partial charge is 0.159 e. The first kappa shape index (κ1) is 10.8. The molecule has 0 bridgehead atoms. The molecule has 2 rings (SSSR count). The summed E-state index contributed by atoms with van der Waals surface area (Å²) in [7, 11) is 0. The summed E-state index contributed by atoms with van der Waals surface area (Å²) < 4.78 is 2.59. The quantitative estimate of drug-likeness (QED) is 0.650. The first-order valence-corrected chi connectivity index (χ1v) is 5.47. The van der Waals surface area contributed by atoms with Crippen LogP contribution in [0.3, 0.4) is 0 Å². The molecule has 2 heterocycles. The van der Waals surface area contributed by atoms with Crippen molar-refractivity contribution in [2.45, 2.75) is 6.92 Å². The van der Waals surface area contributed by atoms with Gasteiger partial charge in [-0.3, -0.25) is 0 Å². The Bertz CT molecular complexity index is 586. The molecule has 0 unspecified atom stereocenters. The number of aryl methyl sites for hydroxylation is 1. The SMILES string of the molecule is C=CCNn1c(=S)c(C)cc2cccnc21. The third-order valence-corrected chi connectivity index (χ3v) is 2.84. The Balaban J connectivity index is 2.71. The molecule has 0 amide bonds. The highest BCUT2D eigenvalue weighted by Crippen LogP contribution is 2.14. The van der Waals surface area contributed by atoms with Crippen LogP contribution in [0.25, 0.3) is 11.0 Å². The molecule has 0 saturated heterocycles. The molecule has 3 nitrogen and oxygen atoms in total. The van der Waals surface area contributed by atoms with Gasteiger partial charge in [-0.2, -0.15) is 0 Å². The summed E-state index contributed by atoms with van der Waals surface area (Å²) in [4.78, 5) is 4.34. The molecule has 2 aromatic heterocycles. The van der Waals surface area contributed by atoms with Crippen molar-refractivity contribution >= 4 is 23.3 Å². The lowest BCUT2D eigenvalue weighted by molar-refractivity contribution is 0.882. The number of nitrogens with one attached hydrogen (secondary N) is 1. The molecule has 0 radical (unpaired) electrons. The van der Waals surface area contributed by atoms with Gasteiger partial charge in [-0.15, -0.1) is 6.58 Å². The van der Waals surface area contributed by atoms with Gasteiger partial charge < -0.3 is 5.43 Å². The summed E-state index contributed by atoms with van der Waals surface area (Å²) in [5.74, 6) is 0. The van der Waals surface area contributed by atoms with E-state index in [0.29, 0.717) is 6.54 Å². The van der Waals surface area contributed by atoms with Gasteiger partial charge in [0.15, 0.2) is 5.65 Å². The number of pyridine rings is 2. The lowest BCUT2D eigenvalue weighted by Crippen LogP contribution is -2.18. The van der Waals surface area contributed by atoms with Gasteiger partial charge in [0.2, 0.25) is 0 Å². The molecule has 0 fully saturated rings. The van der Waals surface area contributed by atoms with E-state index < -0.39 is 0 Å². The van der Waals surface area contributed by atoms with Crippen molar-refractivity contribution in [1.82, 2.24) is 9.66 Å². The summed E-state index contributed by atoms with van der Waals surface area (Å²) in [6, 6.07) is 6.00. The van der Waals surface area contributed by atoms with Crippen molar-refractivity contribution in [3.05, 3.63) is 47.3 Å². The van der Waals surface area contributed by atoms with Gasteiger partial charge in [0.05, 0.1) is 0 Å². The Hall–Kier alpha value is -1.68. The summed E-state index contributed by atoms with van der Waals surface area (Å²) in [5, 5.41) is 1.07. The van der Waals surface area contributed by atoms with Gasteiger partial charge >= 0.3 is 0 Å². The van der Waals surface area contributed by atoms with Crippen molar-refractivity contribution in [1.29, 1.82) is 0 Å². The molecule has 0 aliphatic heterocycles. The minimum Gasteiger partial charge on any atom is -0.319 e. The predicted molar refractivity (Wildman–Crippen MR) is 69.7 cm³/mol. The number of hydrogen-bond acceptors (Lipinski definition) is 3. The lowest BCUT2D eigenvalue weighted by atomic mass is 10.2. The molecule has 0 atom stereocenters. The zero-order chi connectivity index (χ0) is 11.5. The van der Waals surface area contributed by atoms with Crippen LogP contribution < -0.4 is 5.43 Å². The largest absolute Gasteiger partial charge is 0.319 e. The van der Waals surface area contributed by atoms with E-state index in [0.717, 1.165) is 21.2 Å². The second-order valence-electron chi connectivity index (χ2n) is 3.54. The summed E-state index contributed by atoms with van der Waals surface area (Å²) in [6.07, 6.45) is 3.55. The standard InChI is InChI=1S/C12H13N3S/c1-3-6-14-15-11-10(5-4-7-13-11)8-9(2)12(15)16/h3-5,7-8,14H,1,6H2,2H3. The van der Waals surface area contributed by atoms with E-state index in [1.54, 1.807) is 12.3 Å². The Morgan fingerprint density at radius 2 is 2.44 bits per heavy atom. The Morgan fingerprint density at radius 3 is 3.19 bits per heavy atom. The molecule has 0 aliphatic carbocycles. The molecule has 1 N–H and O–H groups in total. The van der Waals surface area contributed by atoms with Gasteiger partial charge in [-0.25, -0.2) is 9.66 Å². The third-order valence-electron chi connectivity index (χ3n) is 2.33. The maximum absolute atomic E-state index is 5.36. The van der Waals surface area contributed by atoms with Crippen molar-refractivity contribution in [3.8, 4) is 0 Å².